The highest BCUT2D eigenvalue weighted by atomic mass is 16.4. The first kappa shape index (κ1) is 15.4. The minimum absolute atomic E-state index is 0.0287. The Kier molecular flexibility index (Phi) is 3.48. The number of rotatable bonds is 4. The van der Waals surface area contributed by atoms with Crippen LogP contribution < -0.4 is 0 Å². The Hall–Kier alpha value is -2.04. The van der Waals surface area contributed by atoms with Gasteiger partial charge in [-0.3, -0.25) is 4.79 Å². The van der Waals surface area contributed by atoms with Gasteiger partial charge >= 0.3 is 5.97 Å². The summed E-state index contributed by atoms with van der Waals surface area (Å²) < 4.78 is 1.09. The first-order valence-corrected chi connectivity index (χ1v) is 6.96. The zero-order valence-corrected chi connectivity index (χ0v) is 12.8. The van der Waals surface area contributed by atoms with Gasteiger partial charge in [-0.15, -0.1) is 0 Å². The van der Waals surface area contributed by atoms with Gasteiger partial charge in [0.15, 0.2) is 0 Å². The average molecular weight is 290 g/mol. The summed E-state index contributed by atoms with van der Waals surface area (Å²) >= 11 is 0. The van der Waals surface area contributed by atoms with Gasteiger partial charge in [-0.2, -0.15) is 0 Å². The second kappa shape index (κ2) is 4.76. The van der Waals surface area contributed by atoms with E-state index in [1.165, 1.54) is 0 Å². The SMILES string of the molecule is CC1(C)c2ccc(CCC(=O)C(=O)O)cc2C(C)(C)[N+]1=O. The zero-order valence-electron chi connectivity index (χ0n) is 12.8. The van der Waals surface area contributed by atoms with E-state index in [0.29, 0.717) is 6.42 Å². The van der Waals surface area contributed by atoms with E-state index in [-0.39, 0.29) is 6.42 Å². The molecular formula is C16H20NO4+. The number of ketones is 1. The largest absolute Gasteiger partial charge is 0.476 e. The Morgan fingerprint density at radius 2 is 1.67 bits per heavy atom. The van der Waals surface area contributed by atoms with E-state index in [4.69, 9.17) is 5.11 Å². The molecule has 0 fully saturated rings. The van der Waals surface area contributed by atoms with Crippen LogP contribution in [0.2, 0.25) is 0 Å². The molecule has 0 saturated heterocycles. The van der Waals surface area contributed by atoms with Crippen LogP contribution in [-0.2, 0) is 27.1 Å². The predicted molar refractivity (Wildman–Crippen MR) is 77.1 cm³/mol. The van der Waals surface area contributed by atoms with Crippen molar-refractivity contribution in [2.45, 2.75) is 51.6 Å². The van der Waals surface area contributed by atoms with E-state index in [1.807, 2.05) is 45.9 Å². The summed E-state index contributed by atoms with van der Waals surface area (Å²) in [5.74, 6) is -2.19. The Labute approximate surface area is 123 Å². The quantitative estimate of drug-likeness (QED) is 0.683. The molecule has 0 aromatic heterocycles. The number of Topliss-reactive ketones (excluding diaryl/α,β-unsaturated/α-hetero) is 1. The maximum absolute atomic E-state index is 12.5. The minimum atomic E-state index is -1.40. The number of nitrogens with zero attached hydrogens (tertiary/aromatic N) is 1. The lowest BCUT2D eigenvalue weighted by atomic mass is 9.88. The van der Waals surface area contributed by atoms with E-state index in [9.17, 15) is 14.5 Å². The van der Waals surface area contributed by atoms with Crippen LogP contribution in [0.1, 0.15) is 50.8 Å². The van der Waals surface area contributed by atoms with Gasteiger partial charge < -0.3 is 5.11 Å². The Morgan fingerprint density at radius 3 is 2.24 bits per heavy atom. The summed E-state index contributed by atoms with van der Waals surface area (Å²) in [6.45, 7) is 7.53. The van der Waals surface area contributed by atoms with Gasteiger partial charge in [-0.05, 0) is 18.1 Å². The number of hydrogen-bond acceptors (Lipinski definition) is 3. The summed E-state index contributed by atoms with van der Waals surface area (Å²) in [6.07, 6.45) is 0.340. The van der Waals surface area contributed by atoms with Crippen LogP contribution >= 0.6 is 0 Å². The molecule has 0 aliphatic carbocycles. The van der Waals surface area contributed by atoms with Crippen molar-refractivity contribution in [2.75, 3.05) is 0 Å². The fourth-order valence-electron chi connectivity index (χ4n) is 3.07. The fourth-order valence-corrected chi connectivity index (χ4v) is 3.07. The van der Waals surface area contributed by atoms with Crippen LogP contribution in [0.5, 0.6) is 0 Å². The van der Waals surface area contributed by atoms with Crippen LogP contribution in [0.4, 0.5) is 0 Å². The number of benzene rings is 1. The first-order valence-electron chi connectivity index (χ1n) is 6.96. The van der Waals surface area contributed by atoms with Crippen molar-refractivity contribution < 1.29 is 19.5 Å². The maximum Gasteiger partial charge on any atom is 0.372 e. The van der Waals surface area contributed by atoms with Crippen LogP contribution in [-0.4, -0.2) is 21.6 Å². The van der Waals surface area contributed by atoms with Gasteiger partial charge in [-0.25, -0.2) is 4.79 Å². The van der Waals surface area contributed by atoms with Gasteiger partial charge in [0.25, 0.3) is 0 Å². The van der Waals surface area contributed by atoms with Crippen molar-refractivity contribution in [1.82, 2.24) is 0 Å². The van der Waals surface area contributed by atoms with E-state index < -0.39 is 22.8 Å². The number of nitroso groups, excluding NO2 is 1. The third-order valence-electron chi connectivity index (χ3n) is 4.30. The third kappa shape index (κ3) is 2.37. The number of carbonyl (C=O) groups excluding carboxylic acids is 1. The van der Waals surface area contributed by atoms with Gasteiger partial charge in [0.05, 0.1) is 0 Å². The summed E-state index contributed by atoms with van der Waals surface area (Å²) in [5.41, 5.74) is 1.58. The lowest BCUT2D eigenvalue weighted by Crippen LogP contribution is -2.34. The van der Waals surface area contributed by atoms with Crippen LogP contribution in [0.25, 0.3) is 0 Å². The first-order chi connectivity index (χ1) is 9.58. The molecule has 1 aromatic carbocycles. The number of hydrogen-bond donors (Lipinski definition) is 1. The molecule has 0 bridgehead atoms. The standard InChI is InChI=1S/C16H19NO4/c1-15(2)11-7-5-10(6-8-13(18)14(19)20)9-12(11)16(3,4)17(15)21/h5,7,9H,6,8H2,1-4H3/p+1. The van der Waals surface area contributed by atoms with E-state index in [1.54, 1.807) is 0 Å². The van der Waals surface area contributed by atoms with Crippen molar-refractivity contribution in [3.63, 3.8) is 0 Å². The smallest absolute Gasteiger partial charge is 0.372 e. The molecule has 0 radical (unpaired) electrons. The molecule has 0 spiro atoms. The molecule has 1 aromatic rings. The lowest BCUT2D eigenvalue weighted by Gasteiger charge is -2.13. The number of aryl methyl sites for hydroxylation is 1. The highest BCUT2D eigenvalue weighted by molar-refractivity contribution is 6.32. The Morgan fingerprint density at radius 1 is 1.10 bits per heavy atom. The van der Waals surface area contributed by atoms with E-state index in [2.05, 4.69) is 0 Å². The molecule has 0 atom stereocenters. The van der Waals surface area contributed by atoms with Crippen molar-refractivity contribution in [3.05, 3.63) is 39.8 Å². The molecule has 0 saturated carbocycles. The highest BCUT2D eigenvalue weighted by Gasteiger charge is 2.58. The molecule has 1 aliphatic heterocycles. The number of aliphatic carboxylic acids is 1. The number of carboxylic acid groups (broad SMARTS) is 1. The molecule has 1 heterocycles. The van der Waals surface area contributed by atoms with Crippen molar-refractivity contribution in [1.29, 1.82) is 0 Å². The van der Waals surface area contributed by atoms with Crippen LogP contribution in [0.15, 0.2) is 18.2 Å². The molecule has 5 heteroatoms. The molecule has 2 rings (SSSR count). The Bertz CT molecular complexity index is 644. The third-order valence-corrected chi connectivity index (χ3v) is 4.30. The Balaban J connectivity index is 2.33. The monoisotopic (exact) mass is 290 g/mol. The molecule has 0 amide bonds. The van der Waals surface area contributed by atoms with Crippen LogP contribution in [0, 0.1) is 4.91 Å². The van der Waals surface area contributed by atoms with Crippen LogP contribution in [0.3, 0.4) is 0 Å². The summed E-state index contributed by atoms with van der Waals surface area (Å²) in [5, 5.41) is 8.60. The normalized spacial score (nSPS) is 18.4. The molecule has 112 valence electrons. The van der Waals surface area contributed by atoms with Gasteiger partial charge in [-0.1, -0.05) is 12.1 Å². The molecule has 5 nitrogen and oxygen atoms in total. The number of carboxylic acids is 1. The average Bonchev–Trinajstić information content (AvgIpc) is 2.55. The summed E-state index contributed by atoms with van der Waals surface area (Å²) in [4.78, 5) is 34.2. The number of fused-ring (bicyclic) bond motifs is 1. The lowest BCUT2D eigenvalue weighted by molar-refractivity contribution is -0.685. The van der Waals surface area contributed by atoms with Crippen molar-refractivity contribution >= 4 is 11.8 Å². The molecule has 0 unspecified atom stereocenters. The fraction of sp³-hybridized carbons (Fsp3) is 0.500. The van der Waals surface area contributed by atoms with Crippen molar-refractivity contribution in [2.24, 2.45) is 0 Å². The number of carbonyl (C=O) groups is 2. The van der Waals surface area contributed by atoms with Gasteiger partial charge in [0.1, 0.15) is 0 Å². The molecular weight excluding hydrogens is 270 g/mol. The van der Waals surface area contributed by atoms with Crippen molar-refractivity contribution in [3.8, 4) is 0 Å². The maximum atomic E-state index is 12.5. The predicted octanol–water partition coefficient (Wildman–Crippen LogP) is 2.54. The summed E-state index contributed by atoms with van der Waals surface area (Å²) in [7, 11) is 0. The molecule has 1 N–H and O–H groups in total. The second-order valence-corrected chi connectivity index (χ2v) is 6.52. The van der Waals surface area contributed by atoms with Gasteiger partial charge in [0.2, 0.25) is 16.9 Å². The highest BCUT2D eigenvalue weighted by Crippen LogP contribution is 2.46. The van der Waals surface area contributed by atoms with Gasteiger partial charge in [0, 0.05) is 54.9 Å². The zero-order chi connectivity index (χ0) is 16.0. The van der Waals surface area contributed by atoms with E-state index >= 15 is 0 Å². The minimum Gasteiger partial charge on any atom is -0.476 e. The molecule has 21 heavy (non-hydrogen) atoms. The summed E-state index contributed by atoms with van der Waals surface area (Å²) in [6, 6.07) is 5.70. The second-order valence-electron chi connectivity index (χ2n) is 6.52. The van der Waals surface area contributed by atoms with E-state index in [0.717, 1.165) is 21.5 Å². The topological polar surface area (TPSA) is 74.5 Å². The molecule has 1 aliphatic rings.